The third-order valence-electron chi connectivity index (χ3n) is 21.9. The number of nitrogens with one attached hydrogen (secondary N) is 4. The molecule has 2 unspecified atom stereocenters. The minimum atomic E-state index is -1.06. The number of aromatic nitrogens is 6. The number of carbonyl (C=O) groups is 7. The van der Waals surface area contributed by atoms with E-state index in [0.717, 1.165) is 73.5 Å². The zero-order chi connectivity index (χ0) is 84.2. The van der Waals surface area contributed by atoms with Gasteiger partial charge in [0, 0.05) is 113 Å². The average molecular weight is 1650 g/mol. The van der Waals surface area contributed by atoms with Crippen molar-refractivity contribution >= 4 is 69.0 Å². The van der Waals surface area contributed by atoms with Crippen molar-refractivity contribution in [3.05, 3.63) is 78.5 Å². The number of ketones is 3. The molecule has 3 fully saturated rings. The number of allylic oxidation sites excluding steroid dienone is 6. The molecule has 7 heterocycles. The zero-order valence-electron chi connectivity index (χ0n) is 70.3. The van der Waals surface area contributed by atoms with Gasteiger partial charge in [-0.1, -0.05) is 57.2 Å². The number of amides is 4. The van der Waals surface area contributed by atoms with Gasteiger partial charge in [-0.25, -0.2) is 24.4 Å². The number of unbranched alkanes of at least 4 members (excludes halogenated alkanes) is 1. The maximum absolute atomic E-state index is 14.2. The fourth-order valence-corrected chi connectivity index (χ4v) is 15.0. The molecular formula is C86H132N12O20. The summed E-state index contributed by atoms with van der Waals surface area (Å²) < 4.78 is 71.1. The average Bonchev–Trinajstić information content (AvgIpc) is 1.61. The summed E-state index contributed by atoms with van der Waals surface area (Å²) in [6.45, 7) is 17.1. The highest BCUT2D eigenvalue weighted by molar-refractivity contribution is 6.37. The first kappa shape index (κ1) is 95.6. The standard InChI is InChI=1S/C86H132N12O20/c1-59-15-8-7-9-16-60(2)75(107-6)53-69-18-14-19-74(117-69)81(104)85(105)97-31-12-10-17-67(97)57-116-76(55-73(101)63(5)50-62(4)72(100)54-71(99)61(3)49-59)70(87)51-64-20-22-68(23-21-64)118-86(106)92-30-36-111-40-44-115-48-46-113-42-38-109-34-26-78(103)90-29-35-110-39-43-114-47-45-112-41-37-108-33-25-77(102)89-27-11-13-32-98-84-79(82(88)94-58-95-84)80(96-98)66-52-65-24-28-91-83(65)93-56-66/h7-9,15-16,24,28,50,52,56,58-59,61,63-64,67-70,72,74-76,100H,10-14,17-23,25-27,29-49,51,53-55,57,87H2,1-6H3,(H,89,102)(H,90,103)(H,91,93)(H,92,106)(H2,88,94,95)/b9-7+,15-8+,60-16+,62-50+/t59-,61-,63-,64?,67+,68?,69+,70-,72+,74?,75+,76?/m1/s1. The molecule has 3 aliphatic heterocycles. The topological polar surface area (TPSA) is 414 Å². The quantitative estimate of drug-likeness (QED) is 0.0125. The van der Waals surface area contributed by atoms with E-state index in [1.54, 1.807) is 38.1 Å². The van der Waals surface area contributed by atoms with E-state index in [2.05, 4.69) is 42.8 Å². The van der Waals surface area contributed by atoms with Crippen molar-refractivity contribution in [1.82, 2.24) is 50.6 Å². The van der Waals surface area contributed by atoms with Crippen molar-refractivity contribution in [3.8, 4) is 11.3 Å². The van der Waals surface area contributed by atoms with Crippen LogP contribution in [0, 0.1) is 23.7 Å². The van der Waals surface area contributed by atoms with Crippen LogP contribution in [0.1, 0.15) is 157 Å². The van der Waals surface area contributed by atoms with Gasteiger partial charge in [-0.3, -0.25) is 28.8 Å². The molecule has 2 saturated heterocycles. The third kappa shape index (κ3) is 34.0. The maximum atomic E-state index is 14.2. The molecule has 4 amide bonds. The van der Waals surface area contributed by atoms with E-state index in [4.69, 9.17) is 73.4 Å². The molecule has 1 aliphatic carbocycles. The SMILES string of the molecule is CO[C@H]1C[C@@H]2CCCC(O2)C(=O)C(=O)N2CCCC[C@H]2COC([C@H](N)CC2CCC(OC(=O)NCCOCCOCCOCCOCCC(=O)NCCOCCOCCOCCOCCC(=O)NCCCCn3nc(-c4cnc5[nH]ccc5c4)c4c(N)ncnc43)CC2)CC(=O)[C@H](C)/C=C(\C)[C@@H](O)CC(=O)[C@H](C)C[C@H](C)/C=C/C=C/C=C/1C. The molecule has 32 nitrogen and oxygen atoms in total. The number of methoxy groups -OCH3 is 1. The Balaban J connectivity index is 0.596. The van der Waals surface area contributed by atoms with Crippen LogP contribution in [0.2, 0.25) is 0 Å². The zero-order valence-corrected chi connectivity index (χ0v) is 70.3. The van der Waals surface area contributed by atoms with E-state index in [9.17, 15) is 38.7 Å². The van der Waals surface area contributed by atoms with Gasteiger partial charge in [0.05, 0.1) is 148 Å². The number of piperidine rings is 1. The van der Waals surface area contributed by atoms with Gasteiger partial charge in [0.25, 0.3) is 5.91 Å². The number of alkyl carbamates (subject to hydrolysis) is 1. The van der Waals surface area contributed by atoms with Crippen LogP contribution in [0.3, 0.4) is 0 Å². The number of hydrogen-bond acceptors (Lipinski definition) is 26. The fourth-order valence-electron chi connectivity index (χ4n) is 15.0. The molecule has 1 saturated carbocycles. The molecule has 4 aliphatic rings. The Labute approximate surface area is 694 Å². The molecule has 9 N–H and O–H groups in total. The summed E-state index contributed by atoms with van der Waals surface area (Å²) >= 11 is 0. The summed E-state index contributed by atoms with van der Waals surface area (Å²) in [5.41, 5.74) is 17.8. The number of Topliss-reactive ketones (excluding diaryl/α,β-unsaturated/α-hetero) is 3. The molecule has 0 radical (unpaired) electrons. The van der Waals surface area contributed by atoms with Crippen molar-refractivity contribution in [2.24, 2.45) is 29.4 Å². The van der Waals surface area contributed by atoms with Crippen LogP contribution in [-0.2, 0) is 92.2 Å². The Morgan fingerprint density at radius 3 is 2.01 bits per heavy atom. The number of nitrogens with two attached hydrogens (primary N) is 2. The number of fused-ring (bicyclic) bond motifs is 5. The number of anilines is 1. The normalized spacial score (nSPS) is 25.0. The monoisotopic (exact) mass is 1650 g/mol. The highest BCUT2D eigenvalue weighted by Crippen LogP contribution is 2.34. The Kier molecular flexibility index (Phi) is 43.6. The first-order valence-electron chi connectivity index (χ1n) is 42.6. The molecule has 4 aromatic rings. The highest BCUT2D eigenvalue weighted by atomic mass is 16.6. The molecule has 8 rings (SSSR count). The van der Waals surface area contributed by atoms with Gasteiger partial charge in [0.1, 0.15) is 47.3 Å². The van der Waals surface area contributed by atoms with Crippen molar-refractivity contribution < 1.29 is 95.5 Å². The van der Waals surface area contributed by atoms with Crippen LogP contribution < -0.4 is 27.4 Å². The summed E-state index contributed by atoms with van der Waals surface area (Å²) in [4.78, 5) is 111. The van der Waals surface area contributed by atoms with E-state index in [0.29, 0.717) is 185 Å². The first-order valence-corrected chi connectivity index (χ1v) is 42.6. The number of rotatable bonds is 41. The summed E-state index contributed by atoms with van der Waals surface area (Å²) in [6.07, 6.45) is 23.0. The number of nitrogens with zero attached hydrogens (tertiary/aromatic N) is 6. The largest absolute Gasteiger partial charge is 0.446 e. The Bertz CT molecular complexity index is 3820. The van der Waals surface area contributed by atoms with Gasteiger partial charge in [-0.15, -0.1) is 0 Å². The molecule has 10 atom stereocenters. The molecular weight excluding hydrogens is 1520 g/mol. The minimum Gasteiger partial charge on any atom is -0.446 e. The maximum Gasteiger partial charge on any atom is 0.407 e. The van der Waals surface area contributed by atoms with E-state index in [1.807, 2.05) is 67.2 Å². The first-order chi connectivity index (χ1) is 57.2. The summed E-state index contributed by atoms with van der Waals surface area (Å²) in [5.74, 6) is -1.90. The van der Waals surface area contributed by atoms with Gasteiger partial charge >= 0.3 is 6.09 Å². The summed E-state index contributed by atoms with van der Waals surface area (Å²) in [5, 5.41) is 26.2. The van der Waals surface area contributed by atoms with Crippen LogP contribution in [-0.4, -0.2) is 275 Å². The lowest BCUT2D eigenvalue weighted by atomic mass is 9.81. The van der Waals surface area contributed by atoms with Crippen molar-refractivity contribution in [2.45, 2.75) is 212 Å². The number of carbonyl (C=O) groups excluding carboxylic acids is 7. The molecule has 0 spiro atoms. The second kappa shape index (κ2) is 53.7. The van der Waals surface area contributed by atoms with E-state index in [-0.39, 0.29) is 118 Å². The van der Waals surface area contributed by atoms with Crippen molar-refractivity contribution in [2.75, 3.05) is 151 Å². The number of aliphatic hydroxyl groups is 1. The van der Waals surface area contributed by atoms with Gasteiger partial charge < -0.3 is 99.3 Å². The van der Waals surface area contributed by atoms with Gasteiger partial charge in [-0.05, 0) is 139 Å². The van der Waals surface area contributed by atoms with Crippen LogP contribution in [0.4, 0.5) is 10.6 Å². The molecule has 4 aromatic heterocycles. The lowest BCUT2D eigenvalue weighted by Crippen LogP contribution is -2.53. The molecule has 656 valence electrons. The number of nitrogen functional groups attached to an aromatic ring is 1. The van der Waals surface area contributed by atoms with Crippen molar-refractivity contribution in [1.29, 1.82) is 0 Å². The number of aliphatic hydroxyl groups excluding tert-OH is 1. The number of pyridine rings is 1. The predicted molar refractivity (Wildman–Crippen MR) is 444 cm³/mol. The molecule has 2 bridgehead atoms. The lowest BCUT2D eigenvalue weighted by Gasteiger charge is -2.38. The van der Waals surface area contributed by atoms with Gasteiger partial charge in [0.2, 0.25) is 17.6 Å². The summed E-state index contributed by atoms with van der Waals surface area (Å²) in [7, 11) is 1.66. The molecule has 0 aromatic carbocycles. The second-order valence-corrected chi connectivity index (χ2v) is 31.2. The second-order valence-electron chi connectivity index (χ2n) is 31.2. The minimum absolute atomic E-state index is 0.0315. The predicted octanol–water partition coefficient (Wildman–Crippen LogP) is 8.15. The Morgan fingerprint density at radius 1 is 0.695 bits per heavy atom. The highest BCUT2D eigenvalue weighted by Gasteiger charge is 2.40. The van der Waals surface area contributed by atoms with Gasteiger partial charge in [0.15, 0.2) is 5.65 Å². The molecule has 32 heteroatoms. The number of aryl methyl sites for hydroxylation is 1. The number of ether oxygens (including phenoxy) is 12. The lowest BCUT2D eigenvalue weighted by molar-refractivity contribution is -0.159. The number of aromatic amines is 1. The Hall–Kier alpha value is -7.83. The van der Waals surface area contributed by atoms with E-state index < -0.39 is 54.1 Å². The fraction of sp³-hybridized carbons (Fsp3) is 0.686. The number of H-pyrrole nitrogens is 1. The van der Waals surface area contributed by atoms with Crippen LogP contribution in [0.5, 0.6) is 0 Å². The van der Waals surface area contributed by atoms with Gasteiger partial charge in [-0.2, -0.15) is 5.10 Å². The summed E-state index contributed by atoms with van der Waals surface area (Å²) in [6, 6.07) is 2.96. The smallest absolute Gasteiger partial charge is 0.407 e. The Morgan fingerprint density at radius 2 is 1.34 bits per heavy atom. The third-order valence-corrected chi connectivity index (χ3v) is 21.9. The van der Waals surface area contributed by atoms with Crippen molar-refractivity contribution in [3.63, 3.8) is 0 Å². The van der Waals surface area contributed by atoms with Crippen LogP contribution >= 0.6 is 0 Å². The van der Waals surface area contributed by atoms with E-state index >= 15 is 0 Å². The van der Waals surface area contributed by atoms with Crippen LogP contribution in [0.25, 0.3) is 33.3 Å². The van der Waals surface area contributed by atoms with Crippen LogP contribution in [0.15, 0.2) is 78.5 Å². The van der Waals surface area contributed by atoms with E-state index in [1.165, 1.54) is 6.33 Å². The number of hydrogen-bond donors (Lipinski definition) is 7. The molecule has 118 heavy (non-hydrogen) atoms.